The van der Waals surface area contributed by atoms with E-state index in [9.17, 15) is 5.11 Å². The highest BCUT2D eigenvalue weighted by atomic mass is 16.3. The van der Waals surface area contributed by atoms with Gasteiger partial charge in [0.05, 0.1) is 6.10 Å². The topological polar surface area (TPSA) is 20.2 Å². The molecule has 13 heavy (non-hydrogen) atoms. The number of benzene rings is 1. The van der Waals surface area contributed by atoms with Gasteiger partial charge in [-0.2, -0.15) is 0 Å². The van der Waals surface area contributed by atoms with Gasteiger partial charge < -0.3 is 5.11 Å². The van der Waals surface area contributed by atoms with E-state index in [0.717, 1.165) is 17.6 Å². The smallest absolute Gasteiger partial charge is 0.0801 e. The van der Waals surface area contributed by atoms with E-state index in [1.807, 2.05) is 25.1 Å². The van der Waals surface area contributed by atoms with Crippen LogP contribution in [0.25, 0.3) is 0 Å². The fraction of sp³-hybridized carbons (Fsp3) is 0.333. The summed E-state index contributed by atoms with van der Waals surface area (Å²) in [6, 6.07) is 8.09. The van der Waals surface area contributed by atoms with Gasteiger partial charge in [-0.3, -0.25) is 0 Å². The van der Waals surface area contributed by atoms with Crippen molar-refractivity contribution in [2.75, 3.05) is 0 Å². The normalized spacial score (nSPS) is 25.7. The lowest BCUT2D eigenvalue weighted by Gasteiger charge is -2.09. The third-order valence-corrected chi connectivity index (χ3v) is 2.78. The Balaban J connectivity index is 2.47. The fourth-order valence-corrected chi connectivity index (χ4v) is 2.08. The minimum absolute atomic E-state index is 0.294. The lowest BCUT2D eigenvalue weighted by Crippen LogP contribution is -1.93. The van der Waals surface area contributed by atoms with Crippen molar-refractivity contribution in [3.63, 3.8) is 0 Å². The molecule has 0 saturated heterocycles. The molecule has 2 atom stereocenters. The van der Waals surface area contributed by atoms with Crippen molar-refractivity contribution in [2.45, 2.75) is 25.4 Å². The third kappa shape index (κ3) is 1.29. The van der Waals surface area contributed by atoms with E-state index in [0.29, 0.717) is 5.92 Å². The van der Waals surface area contributed by atoms with E-state index in [4.69, 9.17) is 0 Å². The van der Waals surface area contributed by atoms with E-state index in [-0.39, 0.29) is 6.10 Å². The first-order valence-electron chi connectivity index (χ1n) is 4.62. The van der Waals surface area contributed by atoms with Gasteiger partial charge in [0.25, 0.3) is 0 Å². The van der Waals surface area contributed by atoms with E-state index < -0.39 is 0 Å². The van der Waals surface area contributed by atoms with Crippen LogP contribution in [-0.2, 0) is 0 Å². The van der Waals surface area contributed by atoms with Crippen molar-refractivity contribution in [2.24, 2.45) is 0 Å². The minimum Gasteiger partial charge on any atom is -0.388 e. The summed E-state index contributed by atoms with van der Waals surface area (Å²) in [6.45, 7) is 5.99. The Bertz CT molecular complexity index is 341. The van der Waals surface area contributed by atoms with Gasteiger partial charge in [0, 0.05) is 5.92 Å². The second kappa shape index (κ2) is 3.00. The Kier molecular flexibility index (Phi) is 1.97. The van der Waals surface area contributed by atoms with E-state index >= 15 is 0 Å². The molecule has 0 unspecified atom stereocenters. The van der Waals surface area contributed by atoms with E-state index in [1.54, 1.807) is 0 Å². The summed E-state index contributed by atoms with van der Waals surface area (Å²) in [6.07, 6.45) is 0.507. The van der Waals surface area contributed by atoms with Crippen LogP contribution in [0.3, 0.4) is 0 Å². The summed E-state index contributed by atoms with van der Waals surface area (Å²) in [5.74, 6) is 0.353. The van der Waals surface area contributed by atoms with Gasteiger partial charge in [-0.05, 0) is 24.5 Å². The maximum Gasteiger partial charge on any atom is 0.0801 e. The Morgan fingerprint density at radius 2 is 2.00 bits per heavy atom. The van der Waals surface area contributed by atoms with Crippen LogP contribution in [0.4, 0.5) is 0 Å². The van der Waals surface area contributed by atoms with Gasteiger partial charge in [0.15, 0.2) is 0 Å². The number of hydrogen-bond acceptors (Lipinski definition) is 1. The average Bonchev–Trinajstić information content (AvgIpc) is 2.45. The molecular weight excluding hydrogens is 160 g/mol. The Labute approximate surface area is 78.7 Å². The number of fused-ring (bicyclic) bond motifs is 1. The SMILES string of the molecule is C=C(C)[C@@H]1C[C@@H](O)c2ccccc21. The maximum atomic E-state index is 9.76. The van der Waals surface area contributed by atoms with E-state index in [2.05, 4.69) is 12.6 Å². The van der Waals surface area contributed by atoms with Crippen molar-refractivity contribution >= 4 is 0 Å². The molecule has 1 nitrogen and oxygen atoms in total. The van der Waals surface area contributed by atoms with Crippen LogP contribution < -0.4 is 0 Å². The molecule has 68 valence electrons. The largest absolute Gasteiger partial charge is 0.388 e. The Hall–Kier alpha value is -1.08. The highest BCUT2D eigenvalue weighted by Gasteiger charge is 2.29. The minimum atomic E-state index is -0.294. The van der Waals surface area contributed by atoms with Gasteiger partial charge in [-0.15, -0.1) is 0 Å². The lowest BCUT2D eigenvalue weighted by atomic mass is 9.95. The molecule has 1 aliphatic rings. The molecule has 2 rings (SSSR count). The van der Waals surface area contributed by atoms with Crippen molar-refractivity contribution in [1.29, 1.82) is 0 Å². The van der Waals surface area contributed by atoms with Crippen LogP contribution in [0.15, 0.2) is 36.4 Å². The molecular formula is C12H14O. The maximum absolute atomic E-state index is 9.76. The van der Waals surface area contributed by atoms with Gasteiger partial charge >= 0.3 is 0 Å². The van der Waals surface area contributed by atoms with Crippen LogP contribution >= 0.6 is 0 Å². The Morgan fingerprint density at radius 3 is 2.62 bits per heavy atom. The summed E-state index contributed by atoms with van der Waals surface area (Å²) < 4.78 is 0. The molecule has 0 saturated carbocycles. The second-order valence-electron chi connectivity index (χ2n) is 3.78. The van der Waals surface area contributed by atoms with Crippen molar-refractivity contribution in [3.05, 3.63) is 47.5 Å². The zero-order valence-corrected chi connectivity index (χ0v) is 7.83. The van der Waals surface area contributed by atoms with Crippen LogP contribution in [0.5, 0.6) is 0 Å². The lowest BCUT2D eigenvalue weighted by molar-refractivity contribution is 0.176. The quantitative estimate of drug-likeness (QED) is 0.649. The van der Waals surface area contributed by atoms with Gasteiger partial charge in [-0.1, -0.05) is 36.4 Å². The van der Waals surface area contributed by atoms with Gasteiger partial charge in [0.1, 0.15) is 0 Å². The summed E-state index contributed by atoms with van der Waals surface area (Å²) in [5.41, 5.74) is 3.47. The first-order chi connectivity index (χ1) is 6.20. The molecule has 1 aromatic carbocycles. The monoisotopic (exact) mass is 174 g/mol. The van der Waals surface area contributed by atoms with Crippen LogP contribution in [-0.4, -0.2) is 5.11 Å². The molecule has 0 fully saturated rings. The molecule has 0 radical (unpaired) electrons. The van der Waals surface area contributed by atoms with Crippen LogP contribution in [0.1, 0.15) is 36.5 Å². The zero-order valence-electron chi connectivity index (χ0n) is 7.83. The Morgan fingerprint density at radius 1 is 1.38 bits per heavy atom. The van der Waals surface area contributed by atoms with Crippen LogP contribution in [0, 0.1) is 0 Å². The summed E-state index contributed by atoms with van der Waals surface area (Å²) in [4.78, 5) is 0. The van der Waals surface area contributed by atoms with E-state index in [1.165, 1.54) is 5.56 Å². The summed E-state index contributed by atoms with van der Waals surface area (Å²) in [7, 11) is 0. The first kappa shape index (κ1) is 8.52. The van der Waals surface area contributed by atoms with Gasteiger partial charge in [0.2, 0.25) is 0 Å². The zero-order chi connectivity index (χ0) is 9.42. The standard InChI is InChI=1S/C12H14O/c1-8(2)11-7-12(13)10-6-4-3-5-9(10)11/h3-6,11-13H,1,7H2,2H3/t11-,12+/m0/s1. The fourth-order valence-electron chi connectivity index (χ4n) is 2.08. The summed E-state index contributed by atoms with van der Waals surface area (Å²) >= 11 is 0. The number of aliphatic hydroxyl groups excluding tert-OH is 1. The molecule has 0 bridgehead atoms. The predicted molar refractivity (Wildman–Crippen MR) is 53.6 cm³/mol. The van der Waals surface area contributed by atoms with Crippen LogP contribution in [0.2, 0.25) is 0 Å². The molecule has 0 heterocycles. The third-order valence-electron chi connectivity index (χ3n) is 2.78. The second-order valence-corrected chi connectivity index (χ2v) is 3.78. The number of allylic oxidation sites excluding steroid dienone is 1. The van der Waals surface area contributed by atoms with Crippen molar-refractivity contribution < 1.29 is 5.11 Å². The molecule has 0 aromatic heterocycles. The number of rotatable bonds is 1. The molecule has 0 aliphatic heterocycles. The van der Waals surface area contributed by atoms with Crippen molar-refractivity contribution in [1.82, 2.24) is 0 Å². The molecule has 1 aliphatic carbocycles. The average molecular weight is 174 g/mol. The highest BCUT2D eigenvalue weighted by Crippen LogP contribution is 2.43. The summed E-state index contributed by atoms with van der Waals surface area (Å²) in [5, 5.41) is 9.76. The molecule has 1 aromatic rings. The number of hydrogen-bond donors (Lipinski definition) is 1. The highest BCUT2D eigenvalue weighted by molar-refractivity contribution is 5.41. The number of aliphatic hydroxyl groups is 1. The van der Waals surface area contributed by atoms with Crippen molar-refractivity contribution in [3.8, 4) is 0 Å². The van der Waals surface area contributed by atoms with Gasteiger partial charge in [-0.25, -0.2) is 0 Å². The predicted octanol–water partition coefficient (Wildman–Crippen LogP) is 2.78. The molecule has 0 spiro atoms. The first-order valence-corrected chi connectivity index (χ1v) is 4.62. The molecule has 1 N–H and O–H groups in total. The molecule has 0 amide bonds. The molecule has 1 heteroatoms.